The van der Waals surface area contributed by atoms with Gasteiger partial charge in [0.2, 0.25) is 17.7 Å². The lowest BCUT2D eigenvalue weighted by atomic mass is 9.74. The van der Waals surface area contributed by atoms with Gasteiger partial charge in [-0.2, -0.15) is 0 Å². The van der Waals surface area contributed by atoms with Crippen molar-refractivity contribution in [1.82, 2.24) is 10.2 Å². The van der Waals surface area contributed by atoms with Crippen molar-refractivity contribution in [3.63, 3.8) is 0 Å². The molecule has 9 heteroatoms. The summed E-state index contributed by atoms with van der Waals surface area (Å²) in [6, 6.07) is 13.9. The van der Waals surface area contributed by atoms with Crippen molar-refractivity contribution in [3.8, 4) is 5.75 Å². The molecule has 8 nitrogen and oxygen atoms in total. The molecular weight excluding hydrogens is 542 g/mol. The van der Waals surface area contributed by atoms with Gasteiger partial charge in [-0.25, -0.2) is 0 Å². The highest BCUT2D eigenvalue weighted by molar-refractivity contribution is 6.31. The number of ether oxygens (including phenoxy) is 2. The maximum atomic E-state index is 14.2. The monoisotopic (exact) mass is 577 g/mol. The number of nitrogens with zero attached hydrogens (tertiary/aromatic N) is 1. The average Bonchev–Trinajstić information content (AvgIpc) is 3.61. The number of anilines is 1. The van der Waals surface area contributed by atoms with E-state index in [2.05, 4.69) is 10.6 Å². The van der Waals surface area contributed by atoms with Crippen LogP contribution in [-0.2, 0) is 25.5 Å². The minimum Gasteiger partial charge on any atom is -0.494 e. The minimum absolute atomic E-state index is 0.0774. The Morgan fingerprint density at radius 2 is 1.83 bits per heavy atom. The van der Waals surface area contributed by atoms with Gasteiger partial charge >= 0.3 is 0 Å². The zero-order chi connectivity index (χ0) is 28.6. The molecule has 2 N–H and O–H groups in total. The van der Waals surface area contributed by atoms with E-state index in [0.29, 0.717) is 36.0 Å². The Morgan fingerprint density at radius 1 is 1.07 bits per heavy atom. The lowest BCUT2D eigenvalue weighted by molar-refractivity contribution is -0.141. The minimum atomic E-state index is -1.19. The Kier molecular flexibility index (Phi) is 7.79. The van der Waals surface area contributed by atoms with Crippen LogP contribution in [0, 0.1) is 11.8 Å². The van der Waals surface area contributed by atoms with Crippen LogP contribution in [0.15, 0.2) is 60.7 Å². The molecule has 5 atom stereocenters. The molecule has 0 radical (unpaired) electrons. The van der Waals surface area contributed by atoms with Crippen LogP contribution in [0.1, 0.15) is 44.6 Å². The van der Waals surface area contributed by atoms with Gasteiger partial charge in [0, 0.05) is 23.3 Å². The van der Waals surface area contributed by atoms with E-state index in [1.165, 1.54) is 6.42 Å². The van der Waals surface area contributed by atoms with Crippen LogP contribution in [0.4, 0.5) is 5.69 Å². The third-order valence-corrected chi connectivity index (χ3v) is 9.26. The van der Waals surface area contributed by atoms with Gasteiger partial charge < -0.3 is 25.0 Å². The van der Waals surface area contributed by atoms with E-state index < -0.39 is 29.6 Å². The summed E-state index contributed by atoms with van der Waals surface area (Å²) in [6.45, 7) is 2.75. The smallest absolute Gasteiger partial charge is 0.246 e. The topological polar surface area (TPSA) is 97.0 Å². The summed E-state index contributed by atoms with van der Waals surface area (Å²) in [5.41, 5.74) is 0.308. The fourth-order valence-corrected chi connectivity index (χ4v) is 7.23. The first kappa shape index (κ1) is 27.8. The molecule has 2 aromatic rings. The largest absolute Gasteiger partial charge is 0.494 e. The number of halogens is 1. The Labute approximate surface area is 245 Å². The lowest BCUT2D eigenvalue weighted by Crippen LogP contribution is -2.56. The first-order chi connectivity index (χ1) is 19.9. The molecule has 1 spiro atoms. The zero-order valence-corrected chi connectivity index (χ0v) is 23.9. The van der Waals surface area contributed by atoms with E-state index in [9.17, 15) is 14.4 Å². The number of hydrogen-bond donors (Lipinski definition) is 2. The highest BCUT2D eigenvalue weighted by atomic mass is 35.5. The van der Waals surface area contributed by atoms with Crippen molar-refractivity contribution in [2.45, 2.75) is 69.2 Å². The molecule has 3 fully saturated rings. The molecule has 1 saturated carbocycles. The van der Waals surface area contributed by atoms with Gasteiger partial charge in [0.05, 0.1) is 24.5 Å². The van der Waals surface area contributed by atoms with E-state index in [0.717, 1.165) is 31.2 Å². The van der Waals surface area contributed by atoms with Gasteiger partial charge in [-0.15, -0.1) is 0 Å². The molecular formula is C32H36ClN3O5. The van der Waals surface area contributed by atoms with E-state index in [1.807, 2.05) is 43.3 Å². The maximum absolute atomic E-state index is 14.2. The zero-order valence-electron chi connectivity index (χ0n) is 23.2. The first-order valence-electron chi connectivity index (χ1n) is 14.7. The normalized spacial score (nSPS) is 28.5. The lowest BCUT2D eigenvalue weighted by Gasteiger charge is -2.34. The number of likely N-dealkylation sites (tertiary alicyclic amines) is 1. The SMILES string of the molecule is CCOc1ccc(NC(=O)C2[C@H]3C=CC4(O3)C(C(=O)NC3CCCCC3)N(CCc3ccccc3Cl)C(=O)[C@@H]24)cc1. The van der Waals surface area contributed by atoms with Crippen molar-refractivity contribution in [2.24, 2.45) is 11.8 Å². The van der Waals surface area contributed by atoms with Gasteiger partial charge in [0.25, 0.3) is 0 Å². The number of benzene rings is 2. The van der Waals surface area contributed by atoms with E-state index in [4.69, 9.17) is 21.1 Å². The summed E-state index contributed by atoms with van der Waals surface area (Å²) in [5, 5.41) is 6.80. The Balaban J connectivity index is 1.27. The van der Waals surface area contributed by atoms with Gasteiger partial charge in [-0.1, -0.05) is 61.2 Å². The summed E-state index contributed by atoms with van der Waals surface area (Å²) in [4.78, 5) is 43.4. The molecule has 3 aliphatic heterocycles. The van der Waals surface area contributed by atoms with Gasteiger partial charge in [-0.05, 0) is 62.1 Å². The standard InChI is InChI=1S/C32H36ClN3O5/c1-2-40-23-14-12-22(13-15-23)34-29(37)26-25-16-18-32(41-25)27(26)31(39)36(19-17-20-8-6-7-11-24(20)33)28(32)30(38)35-21-9-4-3-5-10-21/h6-8,11-16,18,21,25-28H,2-5,9-10,17,19H2,1H3,(H,34,37)(H,35,38)/t25-,26?,27-,28?,32?/m1/s1. The highest BCUT2D eigenvalue weighted by Gasteiger charge is 2.72. The third kappa shape index (κ3) is 5.12. The number of amides is 3. The second kappa shape index (κ2) is 11.5. The number of carbonyl (C=O) groups excluding carboxylic acids is 3. The summed E-state index contributed by atoms with van der Waals surface area (Å²) in [5.74, 6) is -1.60. The van der Waals surface area contributed by atoms with Crippen LogP contribution in [0.3, 0.4) is 0 Å². The van der Waals surface area contributed by atoms with Crippen LogP contribution < -0.4 is 15.4 Å². The molecule has 3 amide bonds. The average molecular weight is 578 g/mol. The van der Waals surface area contributed by atoms with Gasteiger partial charge in [-0.3, -0.25) is 14.4 Å². The number of rotatable bonds is 9. The third-order valence-electron chi connectivity index (χ3n) is 8.89. The molecule has 0 aromatic heterocycles. The second-order valence-corrected chi connectivity index (χ2v) is 11.8. The van der Waals surface area contributed by atoms with Gasteiger partial charge in [0.15, 0.2) is 0 Å². The van der Waals surface area contributed by atoms with Crippen LogP contribution in [0.5, 0.6) is 5.75 Å². The fraction of sp³-hybridized carbons (Fsp3) is 0.469. The van der Waals surface area contributed by atoms with Crippen molar-refractivity contribution in [2.75, 3.05) is 18.5 Å². The number of nitrogens with one attached hydrogen (secondary N) is 2. The quantitative estimate of drug-likeness (QED) is 0.427. The Bertz CT molecular complexity index is 1340. The van der Waals surface area contributed by atoms with Crippen LogP contribution in [-0.4, -0.2) is 59.6 Å². The van der Waals surface area contributed by atoms with Crippen LogP contribution in [0.2, 0.25) is 5.02 Å². The van der Waals surface area contributed by atoms with Crippen molar-refractivity contribution in [1.29, 1.82) is 0 Å². The molecule has 216 valence electrons. The number of hydrogen-bond acceptors (Lipinski definition) is 5. The summed E-state index contributed by atoms with van der Waals surface area (Å²) >= 11 is 6.42. The molecule has 6 rings (SSSR count). The molecule has 2 saturated heterocycles. The predicted octanol–water partition coefficient (Wildman–Crippen LogP) is 4.52. The molecule has 4 aliphatic rings. The predicted molar refractivity (Wildman–Crippen MR) is 156 cm³/mol. The molecule has 3 unspecified atom stereocenters. The number of carbonyl (C=O) groups is 3. The van der Waals surface area contributed by atoms with E-state index in [-0.39, 0.29) is 23.8 Å². The summed E-state index contributed by atoms with van der Waals surface area (Å²) in [7, 11) is 0. The molecule has 1 aliphatic carbocycles. The van der Waals surface area contributed by atoms with Gasteiger partial charge in [0.1, 0.15) is 17.4 Å². The number of fused-ring (bicyclic) bond motifs is 1. The van der Waals surface area contributed by atoms with Crippen LogP contribution in [0.25, 0.3) is 0 Å². The van der Waals surface area contributed by atoms with Crippen LogP contribution >= 0.6 is 11.6 Å². The summed E-state index contributed by atoms with van der Waals surface area (Å²) < 4.78 is 12.0. The van der Waals surface area contributed by atoms with E-state index in [1.54, 1.807) is 29.2 Å². The van der Waals surface area contributed by atoms with E-state index >= 15 is 0 Å². The molecule has 2 bridgehead atoms. The molecule has 3 heterocycles. The van der Waals surface area contributed by atoms with Crippen molar-refractivity contribution in [3.05, 3.63) is 71.3 Å². The highest BCUT2D eigenvalue weighted by Crippen LogP contribution is 2.55. The molecule has 41 heavy (non-hydrogen) atoms. The molecule has 2 aromatic carbocycles. The van der Waals surface area contributed by atoms with Crippen molar-refractivity contribution >= 4 is 35.0 Å². The Morgan fingerprint density at radius 3 is 2.56 bits per heavy atom. The maximum Gasteiger partial charge on any atom is 0.246 e. The first-order valence-corrected chi connectivity index (χ1v) is 15.0. The fourth-order valence-electron chi connectivity index (χ4n) is 7.00. The Hall–Kier alpha value is -3.36. The van der Waals surface area contributed by atoms with Crippen molar-refractivity contribution < 1.29 is 23.9 Å². The second-order valence-electron chi connectivity index (χ2n) is 11.4. The summed E-state index contributed by atoms with van der Waals surface area (Å²) in [6.07, 6.45) is 8.76.